The number of halogens is 3. The van der Waals surface area contributed by atoms with Crippen molar-refractivity contribution in [3.05, 3.63) is 17.5 Å². The second-order valence-electron chi connectivity index (χ2n) is 7.48. The van der Waals surface area contributed by atoms with Crippen LogP contribution in [0, 0.1) is 5.41 Å². The molecule has 0 aliphatic heterocycles. The molecule has 0 saturated heterocycles. The molecule has 1 aromatic heterocycles. The number of nitrogens with one attached hydrogen (secondary N) is 2. The third-order valence-electron chi connectivity index (χ3n) is 4.90. The van der Waals surface area contributed by atoms with E-state index in [9.17, 15) is 13.2 Å². The van der Waals surface area contributed by atoms with Gasteiger partial charge in [-0.1, -0.05) is 13.8 Å². The molecule has 1 heterocycles. The summed E-state index contributed by atoms with van der Waals surface area (Å²) in [6, 6.07) is 0.344. The van der Waals surface area contributed by atoms with Gasteiger partial charge in [0.25, 0.3) is 0 Å². The number of carbonyl (C=O) groups is 1. The Balaban J connectivity index is 0.000000412. The van der Waals surface area contributed by atoms with Crippen LogP contribution in [-0.2, 0) is 11.2 Å². The Labute approximate surface area is 151 Å². The topological polar surface area (TPSA) is 104 Å². The number of nitrogens with two attached hydrogens (primary N) is 1. The molecule has 150 valence electrons. The van der Waals surface area contributed by atoms with Crippen molar-refractivity contribution in [2.45, 2.75) is 64.1 Å². The van der Waals surface area contributed by atoms with Crippen LogP contribution in [0.1, 0.15) is 56.7 Å². The third kappa shape index (κ3) is 6.95. The lowest BCUT2D eigenvalue weighted by molar-refractivity contribution is -0.192. The first-order valence-corrected chi connectivity index (χ1v) is 8.69. The molecule has 0 aromatic carbocycles. The molecule has 26 heavy (non-hydrogen) atoms. The summed E-state index contributed by atoms with van der Waals surface area (Å²) >= 11 is 0. The molecule has 5 N–H and O–H groups in total. The Morgan fingerprint density at radius 2 is 2.00 bits per heavy atom. The fourth-order valence-electron chi connectivity index (χ4n) is 3.09. The number of carboxylic acid groups (broad SMARTS) is 1. The van der Waals surface area contributed by atoms with Crippen LogP contribution in [-0.4, -0.2) is 47.1 Å². The maximum absolute atomic E-state index is 10.6. The molecule has 1 unspecified atom stereocenters. The van der Waals surface area contributed by atoms with E-state index in [1.54, 1.807) is 0 Å². The van der Waals surface area contributed by atoms with Crippen molar-refractivity contribution < 1.29 is 23.1 Å². The van der Waals surface area contributed by atoms with E-state index in [0.717, 1.165) is 6.42 Å². The summed E-state index contributed by atoms with van der Waals surface area (Å²) in [6.45, 7) is 5.42. The molecule has 6 nitrogen and oxygen atoms in total. The quantitative estimate of drug-likeness (QED) is 0.631. The Hall–Kier alpha value is -1.61. The highest BCUT2D eigenvalue weighted by atomic mass is 19.4. The van der Waals surface area contributed by atoms with Gasteiger partial charge in [-0.25, -0.2) is 4.79 Å². The fraction of sp³-hybridized carbons (Fsp3) is 0.765. The summed E-state index contributed by atoms with van der Waals surface area (Å²) < 4.78 is 31.7. The van der Waals surface area contributed by atoms with Gasteiger partial charge in [0, 0.05) is 24.2 Å². The molecule has 1 aromatic rings. The lowest BCUT2D eigenvalue weighted by Crippen LogP contribution is -2.35. The molecular weight excluding hydrogens is 349 g/mol. The molecule has 1 atom stereocenters. The van der Waals surface area contributed by atoms with E-state index in [2.05, 4.69) is 29.4 Å². The number of H-pyrrole nitrogens is 1. The second-order valence-corrected chi connectivity index (χ2v) is 7.48. The third-order valence-corrected chi connectivity index (χ3v) is 4.90. The van der Waals surface area contributed by atoms with E-state index in [1.807, 2.05) is 13.2 Å². The SMILES string of the molecule is CNC(CN)Cc1cn[nH]c1C1CCC(C)(C)CC1.O=C(O)C(F)(F)F. The molecule has 1 fully saturated rings. The Morgan fingerprint density at radius 1 is 1.46 bits per heavy atom. The normalized spacial score (nSPS) is 18.7. The van der Waals surface area contributed by atoms with Crippen LogP contribution in [0.4, 0.5) is 13.2 Å². The van der Waals surface area contributed by atoms with Crippen LogP contribution in [0.3, 0.4) is 0 Å². The van der Waals surface area contributed by atoms with E-state index in [4.69, 9.17) is 15.6 Å². The maximum atomic E-state index is 10.6. The van der Waals surface area contributed by atoms with E-state index < -0.39 is 12.1 Å². The van der Waals surface area contributed by atoms with Crippen molar-refractivity contribution in [2.75, 3.05) is 13.6 Å². The Kier molecular flexibility index (Phi) is 8.08. The van der Waals surface area contributed by atoms with E-state index in [-0.39, 0.29) is 0 Å². The van der Waals surface area contributed by atoms with Gasteiger partial charge in [-0.2, -0.15) is 18.3 Å². The van der Waals surface area contributed by atoms with Crippen molar-refractivity contribution >= 4 is 5.97 Å². The minimum absolute atomic E-state index is 0.344. The first-order chi connectivity index (χ1) is 12.0. The molecule has 2 rings (SSSR count). The van der Waals surface area contributed by atoms with Gasteiger partial charge in [0.1, 0.15) is 0 Å². The number of aliphatic carboxylic acids is 1. The van der Waals surface area contributed by atoms with Gasteiger partial charge in [-0.05, 0) is 50.1 Å². The highest BCUT2D eigenvalue weighted by molar-refractivity contribution is 5.73. The van der Waals surface area contributed by atoms with Crippen molar-refractivity contribution in [3.63, 3.8) is 0 Å². The average Bonchev–Trinajstić information content (AvgIpc) is 3.00. The van der Waals surface area contributed by atoms with Gasteiger partial charge in [-0.3, -0.25) is 5.10 Å². The predicted octanol–water partition coefficient (Wildman–Crippen LogP) is 2.82. The molecule has 9 heteroatoms. The first kappa shape index (κ1) is 22.4. The van der Waals surface area contributed by atoms with Crippen LogP contribution in [0.2, 0.25) is 0 Å². The van der Waals surface area contributed by atoms with Crippen LogP contribution < -0.4 is 11.1 Å². The number of hydrogen-bond donors (Lipinski definition) is 4. The molecule has 0 radical (unpaired) electrons. The van der Waals surface area contributed by atoms with Crippen LogP contribution in [0.5, 0.6) is 0 Å². The van der Waals surface area contributed by atoms with Gasteiger partial charge in [-0.15, -0.1) is 0 Å². The predicted molar refractivity (Wildman–Crippen MR) is 92.9 cm³/mol. The number of likely N-dealkylation sites (N-methyl/N-ethyl adjacent to an activating group) is 1. The number of hydrogen-bond acceptors (Lipinski definition) is 4. The van der Waals surface area contributed by atoms with Crippen molar-refractivity contribution in [3.8, 4) is 0 Å². The number of alkyl halides is 3. The number of carboxylic acids is 1. The highest BCUT2D eigenvalue weighted by Gasteiger charge is 2.38. The maximum Gasteiger partial charge on any atom is 0.490 e. The lowest BCUT2D eigenvalue weighted by atomic mass is 9.72. The standard InChI is InChI=1S/C15H28N4.C2HF3O2/c1-15(2)6-4-11(5-7-15)14-12(10-18-19-14)8-13(9-16)17-3;3-2(4,5)1(6)7/h10-11,13,17H,4-9,16H2,1-3H3,(H,18,19);(H,6,7). The van der Waals surface area contributed by atoms with Crippen LogP contribution >= 0.6 is 0 Å². The lowest BCUT2D eigenvalue weighted by Gasteiger charge is -2.34. The molecule has 0 bridgehead atoms. The second kappa shape index (κ2) is 9.36. The summed E-state index contributed by atoms with van der Waals surface area (Å²) in [5.41, 5.74) is 8.98. The summed E-state index contributed by atoms with van der Waals surface area (Å²) in [7, 11) is 1.97. The number of aromatic amines is 1. The zero-order chi connectivity index (χ0) is 20.0. The van der Waals surface area contributed by atoms with E-state index in [1.165, 1.54) is 36.9 Å². The number of aromatic nitrogens is 2. The van der Waals surface area contributed by atoms with Crippen LogP contribution in [0.15, 0.2) is 6.20 Å². The average molecular weight is 378 g/mol. The monoisotopic (exact) mass is 378 g/mol. The summed E-state index contributed by atoms with van der Waals surface area (Å²) in [4.78, 5) is 8.90. The molecule has 1 aliphatic carbocycles. The first-order valence-electron chi connectivity index (χ1n) is 8.69. The van der Waals surface area contributed by atoms with E-state index in [0.29, 0.717) is 23.9 Å². The molecular formula is C17H29F3N4O2. The minimum Gasteiger partial charge on any atom is -0.475 e. The minimum atomic E-state index is -5.08. The summed E-state index contributed by atoms with van der Waals surface area (Å²) in [6.07, 6.45) is 3.03. The smallest absolute Gasteiger partial charge is 0.475 e. The summed E-state index contributed by atoms with van der Waals surface area (Å²) in [5, 5.41) is 17.9. The zero-order valence-electron chi connectivity index (χ0n) is 15.5. The zero-order valence-corrected chi connectivity index (χ0v) is 15.5. The van der Waals surface area contributed by atoms with Gasteiger partial charge < -0.3 is 16.2 Å². The Morgan fingerprint density at radius 3 is 2.42 bits per heavy atom. The van der Waals surface area contributed by atoms with E-state index >= 15 is 0 Å². The summed E-state index contributed by atoms with van der Waals surface area (Å²) in [5.74, 6) is -2.10. The van der Waals surface area contributed by atoms with Gasteiger partial charge in [0.15, 0.2) is 0 Å². The van der Waals surface area contributed by atoms with Gasteiger partial charge >= 0.3 is 12.1 Å². The fourth-order valence-corrected chi connectivity index (χ4v) is 3.09. The molecule has 1 saturated carbocycles. The van der Waals surface area contributed by atoms with Gasteiger partial charge in [0.2, 0.25) is 0 Å². The van der Waals surface area contributed by atoms with Crippen molar-refractivity contribution in [1.29, 1.82) is 0 Å². The molecule has 0 spiro atoms. The molecule has 0 amide bonds. The molecule has 1 aliphatic rings. The highest BCUT2D eigenvalue weighted by Crippen LogP contribution is 2.42. The Bertz CT molecular complexity index is 559. The van der Waals surface area contributed by atoms with Crippen molar-refractivity contribution in [2.24, 2.45) is 11.1 Å². The number of rotatable bonds is 5. The van der Waals surface area contributed by atoms with Crippen molar-refractivity contribution in [1.82, 2.24) is 15.5 Å². The van der Waals surface area contributed by atoms with Crippen LogP contribution in [0.25, 0.3) is 0 Å². The largest absolute Gasteiger partial charge is 0.490 e. The van der Waals surface area contributed by atoms with Gasteiger partial charge in [0.05, 0.1) is 6.20 Å². The number of nitrogens with zero attached hydrogens (tertiary/aromatic N) is 1.